The molecule has 1 unspecified atom stereocenters. The molecule has 1 N–H and O–H groups in total. The fraction of sp³-hybridized carbons (Fsp3) is 0.889. The second kappa shape index (κ2) is 15.5. The van der Waals surface area contributed by atoms with Gasteiger partial charge >= 0.3 is 0 Å². The molecule has 0 aliphatic heterocycles. The summed E-state index contributed by atoms with van der Waals surface area (Å²) in [5.74, 6) is -0.553. The molecular weight excluding hydrogens is 262 g/mol. The van der Waals surface area contributed by atoms with Gasteiger partial charge in [0.2, 0.25) is 5.91 Å². The highest BCUT2D eigenvalue weighted by Gasteiger charge is 2.15. The molecule has 3 heteroatoms. The average molecular weight is 297 g/mol. The highest BCUT2D eigenvalue weighted by Crippen LogP contribution is 2.13. The molecule has 1 atom stereocenters. The van der Waals surface area contributed by atoms with E-state index in [4.69, 9.17) is 0 Å². The van der Waals surface area contributed by atoms with Crippen LogP contribution in [-0.4, -0.2) is 18.7 Å². The van der Waals surface area contributed by atoms with E-state index in [1.807, 2.05) is 6.92 Å². The van der Waals surface area contributed by atoms with Crippen LogP contribution in [0, 0.1) is 5.92 Å². The van der Waals surface area contributed by atoms with Crippen LogP contribution >= 0.6 is 0 Å². The zero-order valence-corrected chi connectivity index (χ0v) is 14.2. The van der Waals surface area contributed by atoms with Crippen molar-refractivity contribution < 1.29 is 9.59 Å². The van der Waals surface area contributed by atoms with Crippen LogP contribution < -0.4 is 5.32 Å². The predicted octanol–water partition coefficient (Wildman–Crippen LogP) is 4.64. The van der Waals surface area contributed by atoms with Crippen molar-refractivity contribution in [3.63, 3.8) is 0 Å². The zero-order valence-electron chi connectivity index (χ0n) is 14.2. The number of nitrogens with one attached hydrogen (secondary N) is 1. The van der Waals surface area contributed by atoms with Gasteiger partial charge in [0.1, 0.15) is 6.29 Å². The Morgan fingerprint density at radius 1 is 0.857 bits per heavy atom. The number of carbonyl (C=O) groups excluding carboxylic acids is 2. The summed E-state index contributed by atoms with van der Waals surface area (Å²) >= 11 is 0. The van der Waals surface area contributed by atoms with Gasteiger partial charge in [-0.1, -0.05) is 77.6 Å². The Labute approximate surface area is 131 Å². The fourth-order valence-corrected chi connectivity index (χ4v) is 2.59. The van der Waals surface area contributed by atoms with Gasteiger partial charge in [0.25, 0.3) is 0 Å². The minimum Gasteiger partial charge on any atom is -0.356 e. The number of carbonyl (C=O) groups is 2. The van der Waals surface area contributed by atoms with Gasteiger partial charge in [0.15, 0.2) is 0 Å². The molecule has 0 rings (SSSR count). The van der Waals surface area contributed by atoms with Gasteiger partial charge in [-0.25, -0.2) is 0 Å². The van der Waals surface area contributed by atoms with Crippen molar-refractivity contribution in [1.82, 2.24) is 5.32 Å². The molecule has 0 heterocycles. The number of hydrogen-bond donors (Lipinski definition) is 1. The lowest BCUT2D eigenvalue weighted by Crippen LogP contribution is -2.31. The SMILES string of the molecule is CCCCCCCCCCCCCC(C=O)C(=O)NCC. The van der Waals surface area contributed by atoms with Crippen LogP contribution in [0.5, 0.6) is 0 Å². The van der Waals surface area contributed by atoms with E-state index in [2.05, 4.69) is 12.2 Å². The second-order valence-electron chi connectivity index (χ2n) is 5.96. The highest BCUT2D eigenvalue weighted by molar-refractivity contribution is 5.91. The smallest absolute Gasteiger partial charge is 0.230 e. The van der Waals surface area contributed by atoms with Crippen molar-refractivity contribution in [2.75, 3.05) is 6.54 Å². The molecule has 124 valence electrons. The lowest BCUT2D eigenvalue weighted by atomic mass is 10.00. The van der Waals surface area contributed by atoms with Crippen LogP contribution in [0.2, 0.25) is 0 Å². The highest BCUT2D eigenvalue weighted by atomic mass is 16.2. The zero-order chi connectivity index (χ0) is 15.8. The molecule has 0 saturated carbocycles. The lowest BCUT2D eigenvalue weighted by molar-refractivity contribution is -0.129. The molecule has 0 radical (unpaired) electrons. The number of amides is 1. The van der Waals surface area contributed by atoms with Crippen LogP contribution in [0.15, 0.2) is 0 Å². The predicted molar refractivity (Wildman–Crippen MR) is 89.3 cm³/mol. The molecule has 21 heavy (non-hydrogen) atoms. The first-order chi connectivity index (χ1) is 10.3. The van der Waals surface area contributed by atoms with Crippen molar-refractivity contribution in [3.8, 4) is 0 Å². The molecule has 0 aliphatic carbocycles. The van der Waals surface area contributed by atoms with E-state index in [0.717, 1.165) is 19.1 Å². The molecule has 0 saturated heterocycles. The van der Waals surface area contributed by atoms with E-state index in [0.29, 0.717) is 13.0 Å². The van der Waals surface area contributed by atoms with Crippen LogP contribution in [0.1, 0.15) is 90.9 Å². The first-order valence-corrected chi connectivity index (χ1v) is 8.99. The monoisotopic (exact) mass is 297 g/mol. The molecular formula is C18H35NO2. The van der Waals surface area contributed by atoms with E-state index in [1.165, 1.54) is 57.8 Å². The van der Waals surface area contributed by atoms with Gasteiger partial charge in [-0.15, -0.1) is 0 Å². The summed E-state index contributed by atoms with van der Waals surface area (Å²) < 4.78 is 0. The summed E-state index contributed by atoms with van der Waals surface area (Å²) in [5, 5.41) is 2.72. The summed E-state index contributed by atoms with van der Waals surface area (Å²) in [4.78, 5) is 22.4. The van der Waals surface area contributed by atoms with Gasteiger partial charge in [0.05, 0.1) is 5.92 Å². The Morgan fingerprint density at radius 3 is 1.76 bits per heavy atom. The lowest BCUT2D eigenvalue weighted by Gasteiger charge is -2.09. The second-order valence-corrected chi connectivity index (χ2v) is 5.96. The number of aldehydes is 1. The summed E-state index contributed by atoms with van der Waals surface area (Å²) in [5.41, 5.74) is 0. The molecule has 0 aliphatic rings. The maximum absolute atomic E-state index is 11.5. The molecule has 0 aromatic rings. The minimum atomic E-state index is -0.441. The molecule has 0 bridgehead atoms. The Kier molecular flexibility index (Phi) is 14.9. The summed E-state index contributed by atoms with van der Waals surface area (Å²) in [6.45, 7) is 4.73. The number of hydrogen-bond acceptors (Lipinski definition) is 2. The van der Waals surface area contributed by atoms with E-state index in [1.54, 1.807) is 0 Å². The molecule has 3 nitrogen and oxygen atoms in total. The normalized spacial score (nSPS) is 12.1. The Balaban J connectivity index is 3.34. The Hall–Kier alpha value is -0.860. The first kappa shape index (κ1) is 20.1. The van der Waals surface area contributed by atoms with Gasteiger partial charge in [-0.05, 0) is 13.3 Å². The topological polar surface area (TPSA) is 46.2 Å². The molecule has 0 fully saturated rings. The third-order valence-electron chi connectivity index (χ3n) is 3.97. The summed E-state index contributed by atoms with van der Waals surface area (Å²) in [6, 6.07) is 0. The number of unbranched alkanes of at least 4 members (excludes halogenated alkanes) is 10. The van der Waals surface area contributed by atoms with Gasteiger partial charge in [-0.2, -0.15) is 0 Å². The van der Waals surface area contributed by atoms with Crippen molar-refractivity contribution >= 4 is 12.2 Å². The standard InChI is InChI=1S/C18H35NO2/c1-3-5-6-7-8-9-10-11-12-13-14-15-17(16-20)18(21)19-4-2/h16-17H,3-15H2,1-2H3,(H,19,21). The summed E-state index contributed by atoms with van der Waals surface area (Å²) in [7, 11) is 0. The van der Waals surface area contributed by atoms with E-state index < -0.39 is 5.92 Å². The Bertz CT molecular complexity index is 254. The van der Waals surface area contributed by atoms with Crippen molar-refractivity contribution in [1.29, 1.82) is 0 Å². The maximum Gasteiger partial charge on any atom is 0.230 e. The van der Waals surface area contributed by atoms with E-state index >= 15 is 0 Å². The van der Waals surface area contributed by atoms with Crippen molar-refractivity contribution in [2.45, 2.75) is 90.9 Å². The van der Waals surface area contributed by atoms with Gasteiger partial charge < -0.3 is 10.1 Å². The van der Waals surface area contributed by atoms with Crippen molar-refractivity contribution in [2.24, 2.45) is 5.92 Å². The maximum atomic E-state index is 11.5. The van der Waals surface area contributed by atoms with Gasteiger partial charge in [-0.3, -0.25) is 4.79 Å². The third-order valence-corrected chi connectivity index (χ3v) is 3.97. The summed E-state index contributed by atoms with van der Waals surface area (Å²) in [6.07, 6.45) is 15.7. The largest absolute Gasteiger partial charge is 0.356 e. The number of rotatable bonds is 15. The minimum absolute atomic E-state index is 0.112. The molecule has 0 aromatic heterocycles. The van der Waals surface area contributed by atoms with Crippen LogP contribution in [0.4, 0.5) is 0 Å². The van der Waals surface area contributed by atoms with Crippen molar-refractivity contribution in [3.05, 3.63) is 0 Å². The van der Waals surface area contributed by atoms with E-state index in [-0.39, 0.29) is 5.91 Å². The van der Waals surface area contributed by atoms with E-state index in [9.17, 15) is 9.59 Å². The first-order valence-electron chi connectivity index (χ1n) is 8.99. The van der Waals surface area contributed by atoms with Gasteiger partial charge in [0, 0.05) is 6.54 Å². The molecule has 1 amide bonds. The molecule has 0 aromatic carbocycles. The molecule has 0 spiro atoms. The fourth-order valence-electron chi connectivity index (χ4n) is 2.59. The third kappa shape index (κ3) is 12.6. The van der Waals surface area contributed by atoms with Crippen LogP contribution in [-0.2, 0) is 9.59 Å². The Morgan fingerprint density at radius 2 is 1.33 bits per heavy atom. The quantitative estimate of drug-likeness (QED) is 0.272. The average Bonchev–Trinajstić information content (AvgIpc) is 2.48. The van der Waals surface area contributed by atoms with Crippen LogP contribution in [0.3, 0.4) is 0 Å². The van der Waals surface area contributed by atoms with Crippen LogP contribution in [0.25, 0.3) is 0 Å².